The smallest absolute Gasteiger partial charge is 0.325 e. The Morgan fingerprint density at radius 2 is 1.64 bits per heavy atom. The van der Waals surface area contributed by atoms with Crippen LogP contribution in [0.4, 0.5) is 4.79 Å². The van der Waals surface area contributed by atoms with Crippen LogP contribution in [0, 0.1) is 0 Å². The molecule has 11 nitrogen and oxygen atoms in total. The van der Waals surface area contributed by atoms with E-state index in [-0.39, 0.29) is 56.1 Å². The maximum absolute atomic E-state index is 13.0. The number of nitrogens with one attached hydrogen (secondary N) is 1. The summed E-state index contributed by atoms with van der Waals surface area (Å²) in [5, 5.41) is 2.85. The molecule has 1 saturated carbocycles. The van der Waals surface area contributed by atoms with Crippen molar-refractivity contribution in [3.05, 3.63) is 0 Å². The van der Waals surface area contributed by atoms with Gasteiger partial charge in [-0.2, -0.15) is 17.0 Å². The van der Waals surface area contributed by atoms with Crippen molar-refractivity contribution in [2.45, 2.75) is 70.1 Å². The van der Waals surface area contributed by atoms with Crippen LogP contribution in [0.3, 0.4) is 0 Å². The first-order valence-electron chi connectivity index (χ1n) is 11.9. The van der Waals surface area contributed by atoms with Crippen molar-refractivity contribution in [3.8, 4) is 0 Å². The maximum Gasteiger partial charge on any atom is 0.325 e. The highest BCUT2D eigenvalue weighted by atomic mass is 32.2. The first-order valence-corrected chi connectivity index (χ1v) is 13.3. The van der Waals surface area contributed by atoms with Crippen LogP contribution < -0.4 is 5.32 Å². The quantitative estimate of drug-likeness (QED) is 0.534. The fraction of sp³-hybridized carbons (Fsp3) is 0.857. The highest BCUT2D eigenvalue weighted by Gasteiger charge is 2.52. The monoisotopic (exact) mass is 485 g/mol. The van der Waals surface area contributed by atoms with Crippen LogP contribution >= 0.6 is 0 Å². The van der Waals surface area contributed by atoms with Gasteiger partial charge in [-0.15, -0.1) is 0 Å². The number of imide groups is 1. The molecule has 4 aliphatic rings. The first-order chi connectivity index (χ1) is 15.6. The van der Waals surface area contributed by atoms with Crippen LogP contribution in [0.2, 0.25) is 0 Å². The Balaban J connectivity index is 1.23. The van der Waals surface area contributed by atoms with E-state index in [9.17, 15) is 22.8 Å². The van der Waals surface area contributed by atoms with E-state index in [2.05, 4.69) is 5.32 Å². The van der Waals surface area contributed by atoms with E-state index < -0.39 is 15.7 Å². The maximum atomic E-state index is 13.0. The molecule has 3 aliphatic heterocycles. The summed E-state index contributed by atoms with van der Waals surface area (Å²) in [6.45, 7) is 5.78. The highest BCUT2D eigenvalue weighted by molar-refractivity contribution is 7.86. The lowest BCUT2D eigenvalue weighted by Crippen LogP contribution is -2.57. The van der Waals surface area contributed by atoms with E-state index in [4.69, 9.17) is 4.74 Å². The van der Waals surface area contributed by atoms with Crippen molar-refractivity contribution in [2.75, 3.05) is 45.8 Å². The van der Waals surface area contributed by atoms with Gasteiger partial charge in [-0.3, -0.25) is 14.5 Å². The Morgan fingerprint density at radius 3 is 2.24 bits per heavy atom. The average Bonchev–Trinajstić information content (AvgIpc) is 3.33. The number of hydrogen-bond acceptors (Lipinski definition) is 6. The zero-order chi connectivity index (χ0) is 23.8. The summed E-state index contributed by atoms with van der Waals surface area (Å²) < 4.78 is 34.6. The van der Waals surface area contributed by atoms with Crippen LogP contribution in [0.15, 0.2) is 0 Å². The molecular formula is C21H35N5O6S. The summed E-state index contributed by atoms with van der Waals surface area (Å²) in [5.74, 6) is -0.244. The number of morpholine rings is 1. The van der Waals surface area contributed by atoms with Gasteiger partial charge < -0.3 is 15.0 Å². The third-order valence-electron chi connectivity index (χ3n) is 7.11. The molecule has 2 unspecified atom stereocenters. The molecule has 1 N–H and O–H groups in total. The van der Waals surface area contributed by atoms with Crippen LogP contribution in [0.1, 0.15) is 52.4 Å². The summed E-state index contributed by atoms with van der Waals surface area (Å²) in [5.41, 5.74) is -0.723. The molecule has 4 amide bonds. The second-order valence-corrected chi connectivity index (χ2v) is 11.6. The molecule has 3 saturated heterocycles. The van der Waals surface area contributed by atoms with Gasteiger partial charge in [-0.25, -0.2) is 4.79 Å². The van der Waals surface area contributed by atoms with Gasteiger partial charge in [-0.05, 0) is 33.1 Å². The molecule has 0 aromatic heterocycles. The van der Waals surface area contributed by atoms with Gasteiger partial charge in [0.25, 0.3) is 16.1 Å². The Hall–Kier alpha value is -1.76. The number of ether oxygens (including phenoxy) is 1. The molecular weight excluding hydrogens is 450 g/mol. The fourth-order valence-electron chi connectivity index (χ4n) is 5.39. The van der Waals surface area contributed by atoms with Crippen molar-refractivity contribution in [3.63, 3.8) is 0 Å². The molecule has 1 aliphatic carbocycles. The Labute approximate surface area is 195 Å². The van der Waals surface area contributed by atoms with Gasteiger partial charge in [0.1, 0.15) is 5.54 Å². The summed E-state index contributed by atoms with van der Waals surface area (Å²) in [7, 11) is -3.59. The predicted octanol–water partition coefficient (Wildman–Crippen LogP) is 0.129. The molecule has 0 bridgehead atoms. The molecule has 33 heavy (non-hydrogen) atoms. The van der Waals surface area contributed by atoms with Gasteiger partial charge in [0.2, 0.25) is 5.91 Å². The number of carbonyl (C=O) groups excluding carboxylic acids is 3. The van der Waals surface area contributed by atoms with Crippen molar-refractivity contribution in [1.29, 1.82) is 0 Å². The molecule has 0 aromatic carbocycles. The van der Waals surface area contributed by atoms with Gasteiger partial charge in [0.05, 0.1) is 12.2 Å². The number of hydrogen-bond donors (Lipinski definition) is 1. The molecule has 4 rings (SSSR count). The Kier molecular flexibility index (Phi) is 7.00. The fourth-order valence-corrected chi connectivity index (χ4v) is 7.14. The molecule has 3 heterocycles. The largest absolute Gasteiger partial charge is 0.373 e. The van der Waals surface area contributed by atoms with Gasteiger partial charge >= 0.3 is 6.03 Å². The SMILES string of the molecule is CC1CN(S(=O)(=O)N2CCN(C(=O)CCCN3C(=O)NC4(CCCC4)C3=O)CC2)CC(C)O1. The minimum Gasteiger partial charge on any atom is -0.373 e. The Bertz CT molecular complexity index is 872. The first kappa shape index (κ1) is 24.4. The standard InChI is InChI=1S/C21H35N5O6S/c1-16-14-25(15-17(2)32-16)33(30,31)24-12-10-23(11-13-24)18(27)6-5-9-26-19(28)21(22-20(26)29)7-3-4-8-21/h16-17H,3-15H2,1-2H3,(H,22,29). The zero-order valence-electron chi connectivity index (χ0n) is 19.5. The molecule has 2 atom stereocenters. The molecule has 1 spiro atoms. The number of rotatable bonds is 6. The molecule has 0 aromatic rings. The predicted molar refractivity (Wildman–Crippen MR) is 119 cm³/mol. The van der Waals surface area contributed by atoms with Crippen molar-refractivity contribution >= 4 is 28.1 Å². The number of nitrogens with zero attached hydrogens (tertiary/aromatic N) is 4. The van der Waals surface area contributed by atoms with Gasteiger partial charge in [0.15, 0.2) is 0 Å². The third-order valence-corrected chi connectivity index (χ3v) is 9.07. The third kappa shape index (κ3) is 4.89. The molecule has 4 fully saturated rings. The molecule has 186 valence electrons. The molecule has 0 radical (unpaired) electrons. The topological polar surface area (TPSA) is 120 Å². The van der Waals surface area contributed by atoms with E-state index >= 15 is 0 Å². The van der Waals surface area contributed by atoms with Gasteiger partial charge in [-0.1, -0.05) is 12.8 Å². The van der Waals surface area contributed by atoms with E-state index in [1.54, 1.807) is 4.90 Å². The van der Waals surface area contributed by atoms with Crippen LogP contribution in [-0.2, 0) is 24.5 Å². The van der Waals surface area contributed by atoms with E-state index in [1.807, 2.05) is 13.8 Å². The zero-order valence-corrected chi connectivity index (χ0v) is 20.3. The summed E-state index contributed by atoms with van der Waals surface area (Å²) in [6, 6.07) is -0.361. The lowest BCUT2D eigenvalue weighted by Gasteiger charge is -2.40. The highest BCUT2D eigenvalue weighted by Crippen LogP contribution is 2.35. The minimum atomic E-state index is -3.59. The van der Waals surface area contributed by atoms with Gasteiger partial charge in [0, 0.05) is 52.2 Å². The second-order valence-electron chi connectivity index (χ2n) is 9.64. The lowest BCUT2D eigenvalue weighted by atomic mass is 9.98. The Morgan fingerprint density at radius 1 is 1.03 bits per heavy atom. The minimum absolute atomic E-state index is 0.0803. The normalized spacial score (nSPS) is 29.2. The van der Waals surface area contributed by atoms with Crippen LogP contribution in [-0.4, -0.2) is 108 Å². The number of carbonyl (C=O) groups is 3. The number of piperazine rings is 1. The van der Waals surface area contributed by atoms with E-state index in [1.165, 1.54) is 13.5 Å². The summed E-state index contributed by atoms with van der Waals surface area (Å²) in [4.78, 5) is 40.5. The van der Waals surface area contributed by atoms with Crippen molar-refractivity contribution in [1.82, 2.24) is 23.7 Å². The second kappa shape index (κ2) is 9.47. The molecule has 12 heteroatoms. The number of amides is 4. The van der Waals surface area contributed by atoms with E-state index in [0.717, 1.165) is 12.8 Å². The number of urea groups is 1. The summed E-state index contributed by atoms with van der Waals surface area (Å²) >= 11 is 0. The summed E-state index contributed by atoms with van der Waals surface area (Å²) in [6.07, 6.45) is 3.54. The van der Waals surface area contributed by atoms with Crippen LogP contribution in [0.5, 0.6) is 0 Å². The lowest BCUT2D eigenvalue weighted by molar-refractivity contribution is -0.134. The average molecular weight is 486 g/mol. The van der Waals surface area contributed by atoms with Crippen molar-refractivity contribution < 1.29 is 27.5 Å². The van der Waals surface area contributed by atoms with Crippen LogP contribution in [0.25, 0.3) is 0 Å². The van der Waals surface area contributed by atoms with Crippen molar-refractivity contribution in [2.24, 2.45) is 0 Å². The van der Waals surface area contributed by atoms with E-state index in [0.29, 0.717) is 45.4 Å².